The first-order valence-corrected chi connectivity index (χ1v) is 10.5. The van der Waals surface area contributed by atoms with Gasteiger partial charge in [0.2, 0.25) is 0 Å². The Morgan fingerprint density at radius 3 is 2.65 bits per heavy atom. The molecule has 8 heteroatoms. The van der Waals surface area contributed by atoms with Gasteiger partial charge in [-0.15, -0.1) is 0 Å². The van der Waals surface area contributed by atoms with Crippen LogP contribution in [0.5, 0.6) is 11.5 Å². The van der Waals surface area contributed by atoms with E-state index in [1.54, 1.807) is 66.7 Å². The summed E-state index contributed by atoms with van der Waals surface area (Å²) in [6, 6.07) is 22.7. The number of ketones is 1. The Kier molecular flexibility index (Phi) is 5.22. The van der Waals surface area contributed by atoms with Crippen molar-refractivity contribution in [2.45, 2.75) is 5.60 Å². The summed E-state index contributed by atoms with van der Waals surface area (Å²) >= 11 is 0. The van der Waals surface area contributed by atoms with Crippen LogP contribution in [0.15, 0.2) is 78.0 Å². The van der Waals surface area contributed by atoms with Gasteiger partial charge in [0.05, 0.1) is 7.11 Å². The highest BCUT2D eigenvalue weighted by Crippen LogP contribution is 2.50. The molecule has 0 saturated heterocycles. The lowest BCUT2D eigenvalue weighted by atomic mass is 9.74. The van der Waals surface area contributed by atoms with E-state index in [-0.39, 0.29) is 12.4 Å². The monoisotopic (exact) mass is 453 g/mol. The lowest BCUT2D eigenvalue weighted by molar-refractivity contribution is -0.140. The zero-order chi connectivity index (χ0) is 23.7. The van der Waals surface area contributed by atoms with E-state index in [2.05, 4.69) is 10.5 Å². The molecule has 168 valence electrons. The Bertz CT molecular complexity index is 1360. The van der Waals surface area contributed by atoms with Crippen LogP contribution in [-0.4, -0.2) is 31.1 Å². The van der Waals surface area contributed by atoms with Gasteiger partial charge in [-0.1, -0.05) is 53.7 Å². The minimum atomic E-state index is -1.64. The quantitative estimate of drug-likeness (QED) is 0.570. The number of amides is 1. The number of Topliss-reactive ketones (excluding diaryl/α,β-unsaturated/α-hetero) is 1. The number of anilines is 1. The molecule has 2 atom stereocenters. The maximum atomic E-state index is 13.9. The number of nitriles is 1. The number of methoxy groups -OCH3 is 1. The molecular formula is C26H19N3O5. The molecule has 1 spiro atoms. The average molecular weight is 453 g/mol. The van der Waals surface area contributed by atoms with Crippen molar-refractivity contribution in [2.75, 3.05) is 19.0 Å². The molecule has 2 aliphatic heterocycles. The van der Waals surface area contributed by atoms with Crippen molar-refractivity contribution in [1.82, 2.24) is 0 Å². The molecule has 3 aromatic rings. The molecule has 0 bridgehead atoms. The van der Waals surface area contributed by atoms with E-state index in [1.807, 2.05) is 12.1 Å². The van der Waals surface area contributed by atoms with Gasteiger partial charge in [0, 0.05) is 22.4 Å². The Hall–Kier alpha value is -4.64. The molecule has 2 aliphatic rings. The van der Waals surface area contributed by atoms with Crippen molar-refractivity contribution in [3.05, 3.63) is 89.5 Å². The van der Waals surface area contributed by atoms with Gasteiger partial charge in [0.25, 0.3) is 11.5 Å². The third-order valence-electron chi connectivity index (χ3n) is 5.95. The first kappa shape index (κ1) is 21.2. The number of carbonyl (C=O) groups is 2. The smallest absolute Gasteiger partial charge is 0.277 e. The van der Waals surface area contributed by atoms with Crippen molar-refractivity contribution < 1.29 is 23.9 Å². The van der Waals surface area contributed by atoms with Crippen molar-refractivity contribution >= 4 is 23.1 Å². The first-order chi connectivity index (χ1) is 16.6. The van der Waals surface area contributed by atoms with E-state index >= 15 is 0 Å². The minimum absolute atomic E-state index is 0.144. The summed E-state index contributed by atoms with van der Waals surface area (Å²) in [7, 11) is 1.47. The maximum absolute atomic E-state index is 13.9. The maximum Gasteiger partial charge on any atom is 0.277 e. The van der Waals surface area contributed by atoms with Crippen LogP contribution in [0, 0.1) is 17.2 Å². The van der Waals surface area contributed by atoms with Gasteiger partial charge in [-0.25, -0.2) is 0 Å². The van der Waals surface area contributed by atoms with Crippen LogP contribution in [0.1, 0.15) is 21.5 Å². The highest BCUT2D eigenvalue weighted by Gasteiger charge is 2.63. The largest absolute Gasteiger partial charge is 0.493 e. The zero-order valence-corrected chi connectivity index (χ0v) is 18.1. The molecule has 0 unspecified atom stereocenters. The minimum Gasteiger partial charge on any atom is -0.493 e. The first-order valence-electron chi connectivity index (χ1n) is 10.5. The second kappa shape index (κ2) is 8.37. The number of rotatable bonds is 6. The molecule has 1 amide bonds. The normalized spacial score (nSPS) is 20.1. The van der Waals surface area contributed by atoms with Gasteiger partial charge in [-0.3, -0.25) is 9.59 Å². The third-order valence-corrected chi connectivity index (χ3v) is 5.95. The number of ether oxygens (including phenoxy) is 2. The Balaban J connectivity index is 1.65. The van der Waals surface area contributed by atoms with Crippen molar-refractivity contribution in [1.29, 1.82) is 5.26 Å². The van der Waals surface area contributed by atoms with Gasteiger partial charge in [0.1, 0.15) is 17.7 Å². The van der Waals surface area contributed by atoms with Crippen molar-refractivity contribution in [3.8, 4) is 17.6 Å². The number of hydrogen-bond donors (Lipinski definition) is 1. The van der Waals surface area contributed by atoms with Crippen LogP contribution in [0.4, 0.5) is 5.69 Å². The zero-order valence-electron chi connectivity index (χ0n) is 18.1. The third kappa shape index (κ3) is 3.18. The number of para-hydroxylation sites is 1. The SMILES string of the molecule is COc1cc(C2=NO[C@]3(C(=O)Nc4ccccc43)[C@H]2C(=O)c2ccccc2)ccc1OCC#N. The summed E-state index contributed by atoms with van der Waals surface area (Å²) in [5.41, 5.74) is 0.752. The molecule has 5 rings (SSSR count). The van der Waals surface area contributed by atoms with E-state index in [0.717, 1.165) is 0 Å². The van der Waals surface area contributed by atoms with Crippen LogP contribution in [-0.2, 0) is 15.2 Å². The number of nitrogens with one attached hydrogen (secondary N) is 1. The molecule has 0 aromatic heterocycles. The standard InChI is InChI=1S/C26H19N3O5/c1-32-21-15-17(11-12-20(21)33-14-13-27)23-22(24(30)16-7-3-2-4-8-16)26(34-29-23)18-9-5-6-10-19(18)28-25(26)31/h2-12,15,22H,14H2,1H3,(H,28,31)/t22-,26+/m1/s1. The fraction of sp³-hybridized carbons (Fsp3) is 0.154. The van der Waals surface area contributed by atoms with E-state index < -0.39 is 17.4 Å². The van der Waals surface area contributed by atoms with E-state index in [4.69, 9.17) is 19.6 Å². The number of benzene rings is 3. The average Bonchev–Trinajstić information content (AvgIpc) is 3.41. The number of fused-ring (bicyclic) bond motifs is 2. The van der Waals surface area contributed by atoms with Gasteiger partial charge in [0.15, 0.2) is 23.9 Å². The molecule has 0 radical (unpaired) electrons. The summed E-state index contributed by atoms with van der Waals surface area (Å²) in [5.74, 6) is -1.07. The number of hydrogen-bond acceptors (Lipinski definition) is 7. The summed E-state index contributed by atoms with van der Waals surface area (Å²) < 4.78 is 10.8. The fourth-order valence-electron chi connectivity index (χ4n) is 4.40. The van der Waals surface area contributed by atoms with Crippen LogP contribution in [0.3, 0.4) is 0 Å². The topological polar surface area (TPSA) is 110 Å². The molecule has 0 saturated carbocycles. The summed E-state index contributed by atoms with van der Waals surface area (Å²) in [6.07, 6.45) is 0. The predicted octanol–water partition coefficient (Wildman–Crippen LogP) is 3.68. The van der Waals surface area contributed by atoms with Crippen LogP contribution < -0.4 is 14.8 Å². The Morgan fingerprint density at radius 2 is 1.88 bits per heavy atom. The fourth-order valence-corrected chi connectivity index (χ4v) is 4.40. The highest BCUT2D eigenvalue weighted by molar-refractivity contribution is 6.24. The van der Waals surface area contributed by atoms with E-state index in [9.17, 15) is 9.59 Å². The molecule has 2 heterocycles. The highest BCUT2D eigenvalue weighted by atomic mass is 16.7. The predicted molar refractivity (Wildman–Crippen MR) is 123 cm³/mol. The summed E-state index contributed by atoms with van der Waals surface area (Å²) in [6.45, 7) is -0.144. The van der Waals surface area contributed by atoms with Crippen LogP contribution in [0.25, 0.3) is 0 Å². The van der Waals surface area contributed by atoms with Gasteiger partial charge in [-0.05, 0) is 24.3 Å². The molecular weight excluding hydrogens is 434 g/mol. The van der Waals surface area contributed by atoms with Gasteiger partial charge in [-0.2, -0.15) is 5.26 Å². The molecule has 8 nitrogen and oxygen atoms in total. The van der Waals surface area contributed by atoms with E-state index in [1.165, 1.54) is 7.11 Å². The molecule has 0 fully saturated rings. The number of carbonyl (C=O) groups excluding carboxylic acids is 2. The molecule has 0 aliphatic carbocycles. The summed E-state index contributed by atoms with van der Waals surface area (Å²) in [4.78, 5) is 33.1. The van der Waals surface area contributed by atoms with Crippen LogP contribution in [0.2, 0.25) is 0 Å². The second-order valence-electron chi connectivity index (χ2n) is 7.78. The van der Waals surface area contributed by atoms with Crippen molar-refractivity contribution in [3.63, 3.8) is 0 Å². The second-order valence-corrected chi connectivity index (χ2v) is 7.78. The number of oxime groups is 1. The summed E-state index contributed by atoms with van der Waals surface area (Å²) in [5, 5.41) is 15.9. The Morgan fingerprint density at radius 1 is 1.12 bits per heavy atom. The number of nitrogens with zero attached hydrogens (tertiary/aromatic N) is 2. The lowest BCUT2D eigenvalue weighted by Crippen LogP contribution is -2.46. The van der Waals surface area contributed by atoms with Crippen molar-refractivity contribution in [2.24, 2.45) is 11.1 Å². The van der Waals surface area contributed by atoms with E-state index in [0.29, 0.717) is 39.6 Å². The molecule has 1 N–H and O–H groups in total. The molecule has 34 heavy (non-hydrogen) atoms. The van der Waals surface area contributed by atoms with Gasteiger partial charge >= 0.3 is 0 Å². The molecule has 3 aromatic carbocycles. The lowest BCUT2D eigenvalue weighted by Gasteiger charge is -2.26. The Labute approximate surface area is 195 Å². The van der Waals surface area contributed by atoms with Crippen LogP contribution >= 0.6 is 0 Å². The van der Waals surface area contributed by atoms with Gasteiger partial charge < -0.3 is 19.6 Å².